The van der Waals surface area contributed by atoms with Crippen LogP contribution in [0.25, 0.3) is 0 Å². The Balaban J connectivity index is 2.37. The predicted molar refractivity (Wildman–Crippen MR) is 76.9 cm³/mol. The molecule has 1 aliphatic rings. The minimum absolute atomic E-state index is 0.187. The second kappa shape index (κ2) is 3.98. The number of halogens is 1. The highest BCUT2D eigenvalue weighted by atomic mass is 35.5. The Morgan fingerprint density at radius 2 is 1.56 bits per heavy atom. The number of aryl methyl sites for hydroxylation is 2. The van der Waals surface area contributed by atoms with Gasteiger partial charge in [-0.05, 0) is 47.4 Å². The third-order valence-corrected chi connectivity index (χ3v) is 5.72. The molecule has 18 heavy (non-hydrogen) atoms. The number of rotatable bonds is 2. The third kappa shape index (κ3) is 1.80. The van der Waals surface area contributed by atoms with E-state index in [0.29, 0.717) is 5.92 Å². The van der Waals surface area contributed by atoms with Crippen molar-refractivity contribution >= 4 is 11.6 Å². The molecule has 1 N–H and O–H groups in total. The van der Waals surface area contributed by atoms with Crippen LogP contribution in [0, 0.1) is 30.6 Å². The Labute approximate surface area is 115 Å². The number of hydrogen-bond donors (Lipinski definition) is 1. The van der Waals surface area contributed by atoms with E-state index in [1.54, 1.807) is 0 Å². The summed E-state index contributed by atoms with van der Waals surface area (Å²) >= 11 is 6.12. The van der Waals surface area contributed by atoms with E-state index in [2.05, 4.69) is 27.7 Å². The molecule has 1 fully saturated rings. The average molecular weight is 267 g/mol. The third-order valence-electron chi connectivity index (χ3n) is 5.31. The lowest BCUT2D eigenvalue weighted by Crippen LogP contribution is -2.08. The van der Waals surface area contributed by atoms with Crippen LogP contribution < -0.4 is 0 Å². The molecule has 1 unspecified atom stereocenters. The lowest BCUT2D eigenvalue weighted by molar-refractivity contribution is 0.130. The molecule has 1 aromatic carbocycles. The molecular weight excluding hydrogens is 244 g/mol. The molecule has 1 saturated carbocycles. The van der Waals surface area contributed by atoms with Gasteiger partial charge in [0, 0.05) is 10.9 Å². The maximum Gasteiger partial charge on any atom is 0.0831 e. The maximum atomic E-state index is 10.7. The first kappa shape index (κ1) is 13.9. The van der Waals surface area contributed by atoms with Crippen molar-refractivity contribution in [2.45, 2.75) is 47.6 Å². The van der Waals surface area contributed by atoms with E-state index in [4.69, 9.17) is 11.6 Å². The zero-order chi connectivity index (χ0) is 13.9. The van der Waals surface area contributed by atoms with Crippen molar-refractivity contribution in [2.24, 2.45) is 16.7 Å². The van der Waals surface area contributed by atoms with Gasteiger partial charge >= 0.3 is 0 Å². The highest BCUT2D eigenvalue weighted by Gasteiger charge is 2.67. The fraction of sp³-hybridized carbons (Fsp3) is 0.625. The van der Waals surface area contributed by atoms with E-state index in [9.17, 15) is 5.11 Å². The van der Waals surface area contributed by atoms with E-state index in [-0.39, 0.29) is 10.8 Å². The van der Waals surface area contributed by atoms with Gasteiger partial charge in [0.05, 0.1) is 6.10 Å². The molecule has 0 heterocycles. The monoisotopic (exact) mass is 266 g/mol. The lowest BCUT2D eigenvalue weighted by Gasteiger charge is -2.17. The highest BCUT2D eigenvalue weighted by Crippen LogP contribution is 2.72. The molecule has 0 saturated heterocycles. The first-order valence-corrected chi connectivity index (χ1v) is 6.93. The molecule has 0 aliphatic heterocycles. The van der Waals surface area contributed by atoms with E-state index in [1.165, 1.54) is 0 Å². The van der Waals surface area contributed by atoms with Crippen LogP contribution in [-0.4, -0.2) is 5.11 Å². The van der Waals surface area contributed by atoms with Crippen molar-refractivity contribution < 1.29 is 5.11 Å². The normalized spacial score (nSPS) is 22.9. The Morgan fingerprint density at radius 1 is 1.06 bits per heavy atom. The summed E-state index contributed by atoms with van der Waals surface area (Å²) in [7, 11) is 0. The van der Waals surface area contributed by atoms with Crippen molar-refractivity contribution in [3.05, 3.63) is 33.8 Å². The summed E-state index contributed by atoms with van der Waals surface area (Å²) in [4.78, 5) is 0. The summed E-state index contributed by atoms with van der Waals surface area (Å²) in [6.45, 7) is 12.9. The van der Waals surface area contributed by atoms with Crippen LogP contribution in [0.15, 0.2) is 12.1 Å². The number of benzene rings is 1. The zero-order valence-electron chi connectivity index (χ0n) is 12.1. The van der Waals surface area contributed by atoms with E-state index in [0.717, 1.165) is 21.7 Å². The highest BCUT2D eigenvalue weighted by molar-refractivity contribution is 6.31. The van der Waals surface area contributed by atoms with Gasteiger partial charge in [0.15, 0.2) is 0 Å². The summed E-state index contributed by atoms with van der Waals surface area (Å²) in [6.07, 6.45) is -0.397. The molecule has 1 atom stereocenters. The van der Waals surface area contributed by atoms with Crippen LogP contribution in [0.5, 0.6) is 0 Å². The lowest BCUT2D eigenvalue weighted by atomic mass is 9.94. The quantitative estimate of drug-likeness (QED) is 0.825. The fourth-order valence-corrected chi connectivity index (χ4v) is 3.56. The van der Waals surface area contributed by atoms with Crippen LogP contribution >= 0.6 is 11.6 Å². The van der Waals surface area contributed by atoms with Gasteiger partial charge in [0.2, 0.25) is 0 Å². The first-order chi connectivity index (χ1) is 8.10. The standard InChI is InChI=1S/C16H23ClO/c1-9-8-12(17)10(2)7-11(9)13(18)14-15(3,4)16(14,5)6/h7-8,13-14,18H,1-6H3. The second-order valence-corrected chi connectivity index (χ2v) is 7.23. The summed E-state index contributed by atoms with van der Waals surface area (Å²) < 4.78 is 0. The fourth-order valence-electron chi connectivity index (χ4n) is 3.34. The van der Waals surface area contributed by atoms with Gasteiger partial charge in [-0.3, -0.25) is 0 Å². The van der Waals surface area contributed by atoms with Crippen LogP contribution in [0.1, 0.15) is 50.5 Å². The molecule has 0 bridgehead atoms. The van der Waals surface area contributed by atoms with Crippen molar-refractivity contribution in [1.82, 2.24) is 0 Å². The topological polar surface area (TPSA) is 20.2 Å². The van der Waals surface area contributed by atoms with Gasteiger partial charge in [-0.15, -0.1) is 0 Å². The molecule has 1 aliphatic carbocycles. The Morgan fingerprint density at radius 3 is 2.00 bits per heavy atom. The van der Waals surface area contributed by atoms with Gasteiger partial charge in [0.25, 0.3) is 0 Å². The van der Waals surface area contributed by atoms with Crippen LogP contribution in [0.4, 0.5) is 0 Å². The molecule has 0 radical (unpaired) electrons. The van der Waals surface area contributed by atoms with Gasteiger partial charge in [-0.1, -0.05) is 45.4 Å². The summed E-state index contributed by atoms with van der Waals surface area (Å²) in [5, 5.41) is 11.5. The minimum Gasteiger partial charge on any atom is -0.388 e. The van der Waals surface area contributed by atoms with Crippen LogP contribution in [0.3, 0.4) is 0 Å². The van der Waals surface area contributed by atoms with Crippen molar-refractivity contribution in [3.63, 3.8) is 0 Å². The Kier molecular flexibility index (Phi) is 3.07. The Hall–Kier alpha value is -0.530. The van der Waals surface area contributed by atoms with Crippen molar-refractivity contribution in [3.8, 4) is 0 Å². The van der Waals surface area contributed by atoms with Crippen molar-refractivity contribution in [1.29, 1.82) is 0 Å². The molecule has 2 rings (SSSR count). The Bertz CT molecular complexity index is 474. The number of aliphatic hydroxyl groups excluding tert-OH is 1. The van der Waals surface area contributed by atoms with E-state index >= 15 is 0 Å². The maximum absolute atomic E-state index is 10.7. The molecule has 0 amide bonds. The van der Waals surface area contributed by atoms with Gasteiger partial charge in [-0.2, -0.15) is 0 Å². The van der Waals surface area contributed by atoms with E-state index in [1.807, 2.05) is 26.0 Å². The van der Waals surface area contributed by atoms with Crippen molar-refractivity contribution in [2.75, 3.05) is 0 Å². The average Bonchev–Trinajstić information content (AvgIpc) is 2.62. The molecule has 100 valence electrons. The SMILES string of the molecule is Cc1cc(C(O)C2C(C)(C)C2(C)C)c(C)cc1Cl. The first-order valence-electron chi connectivity index (χ1n) is 6.55. The summed E-state index contributed by atoms with van der Waals surface area (Å²) in [5.74, 6) is 0.310. The number of hydrogen-bond acceptors (Lipinski definition) is 1. The molecule has 1 aromatic rings. The molecule has 1 nitrogen and oxygen atoms in total. The van der Waals surface area contributed by atoms with Gasteiger partial charge in [0.1, 0.15) is 0 Å². The minimum atomic E-state index is -0.397. The summed E-state index contributed by atoms with van der Waals surface area (Å²) in [5.41, 5.74) is 3.52. The number of aliphatic hydroxyl groups is 1. The smallest absolute Gasteiger partial charge is 0.0831 e. The van der Waals surface area contributed by atoms with Gasteiger partial charge < -0.3 is 5.11 Å². The largest absolute Gasteiger partial charge is 0.388 e. The summed E-state index contributed by atoms with van der Waals surface area (Å²) in [6, 6.07) is 3.99. The molecule has 2 heteroatoms. The second-order valence-electron chi connectivity index (χ2n) is 6.82. The molecule has 0 spiro atoms. The molecular formula is C16H23ClO. The zero-order valence-corrected chi connectivity index (χ0v) is 12.9. The predicted octanol–water partition coefficient (Wildman–Crippen LogP) is 4.67. The van der Waals surface area contributed by atoms with Gasteiger partial charge in [-0.25, -0.2) is 0 Å². The molecule has 0 aromatic heterocycles. The van der Waals surface area contributed by atoms with E-state index < -0.39 is 6.10 Å². The van der Waals surface area contributed by atoms with Crippen LogP contribution in [0.2, 0.25) is 5.02 Å². The van der Waals surface area contributed by atoms with Crippen LogP contribution in [-0.2, 0) is 0 Å².